The van der Waals surface area contributed by atoms with Gasteiger partial charge in [-0.2, -0.15) is 0 Å². The molecule has 0 amide bonds. The molecule has 0 aliphatic rings. The predicted octanol–water partition coefficient (Wildman–Crippen LogP) is 0.978. The monoisotopic (exact) mass is 300 g/mol. The third kappa shape index (κ3) is 3.41. The van der Waals surface area contributed by atoms with Crippen LogP contribution in [0, 0.1) is 6.92 Å². The van der Waals surface area contributed by atoms with Crippen molar-refractivity contribution < 1.29 is 8.42 Å². The molecule has 0 radical (unpaired) electrons. The Kier molecular flexibility index (Phi) is 4.35. The van der Waals surface area contributed by atoms with E-state index < -0.39 is 10.0 Å². The summed E-state index contributed by atoms with van der Waals surface area (Å²) in [6, 6.07) is 1.62. The molecule has 6 nitrogen and oxygen atoms in total. The molecule has 0 fully saturated rings. The molecule has 0 unspecified atom stereocenters. The average molecular weight is 300 g/mol. The Morgan fingerprint density at radius 3 is 2.84 bits per heavy atom. The molecule has 104 valence electrons. The average Bonchev–Trinajstić information content (AvgIpc) is 2.97. The number of hydrogen-bond acceptors (Lipinski definition) is 5. The fourth-order valence-electron chi connectivity index (χ4n) is 1.61. The lowest BCUT2D eigenvalue weighted by Gasteiger charge is -2.03. The number of sulfonamides is 1. The molecule has 0 atom stereocenters. The van der Waals surface area contributed by atoms with E-state index in [1.807, 2.05) is 6.92 Å². The van der Waals surface area contributed by atoms with Crippen LogP contribution in [-0.2, 0) is 23.1 Å². The van der Waals surface area contributed by atoms with Gasteiger partial charge >= 0.3 is 0 Å². The summed E-state index contributed by atoms with van der Waals surface area (Å²) in [5.41, 5.74) is 3.40. The van der Waals surface area contributed by atoms with Crippen LogP contribution in [0.3, 0.4) is 0 Å². The summed E-state index contributed by atoms with van der Waals surface area (Å²) in [5, 5.41) is 2.96. The van der Waals surface area contributed by atoms with E-state index in [0.29, 0.717) is 6.54 Å². The molecular formula is C11H16N4O2S2. The van der Waals surface area contributed by atoms with Crippen LogP contribution in [0.5, 0.6) is 0 Å². The number of thiazole rings is 1. The molecule has 0 bridgehead atoms. The molecule has 0 saturated carbocycles. The van der Waals surface area contributed by atoms with Gasteiger partial charge in [-0.15, -0.1) is 11.3 Å². The third-order valence-corrected chi connectivity index (χ3v) is 4.98. The summed E-state index contributed by atoms with van der Waals surface area (Å²) in [6.07, 6.45) is 1.49. The second-order valence-electron chi connectivity index (χ2n) is 4.08. The van der Waals surface area contributed by atoms with Crippen LogP contribution in [0.2, 0.25) is 0 Å². The van der Waals surface area contributed by atoms with E-state index >= 15 is 0 Å². The predicted molar refractivity (Wildman–Crippen MR) is 74.4 cm³/mol. The molecule has 0 spiro atoms. The molecule has 3 N–H and O–H groups in total. The van der Waals surface area contributed by atoms with Gasteiger partial charge in [-0.1, -0.05) is 0 Å². The first-order valence-corrected chi connectivity index (χ1v) is 8.09. The zero-order valence-corrected chi connectivity index (χ0v) is 12.4. The first kappa shape index (κ1) is 14.2. The van der Waals surface area contributed by atoms with E-state index in [2.05, 4.69) is 20.0 Å². The second-order valence-corrected chi connectivity index (χ2v) is 6.78. The van der Waals surface area contributed by atoms with Gasteiger partial charge in [0.1, 0.15) is 0 Å². The molecule has 19 heavy (non-hydrogen) atoms. The van der Waals surface area contributed by atoms with Gasteiger partial charge in [-0.25, -0.2) is 18.1 Å². The Labute approximate surface area is 116 Å². The van der Waals surface area contributed by atoms with Crippen LogP contribution in [-0.4, -0.2) is 25.4 Å². The molecule has 2 heterocycles. The smallest absolute Gasteiger partial charge is 0.242 e. The Balaban J connectivity index is 2.07. The number of nitrogens with one attached hydrogen (secondary N) is 3. The molecule has 0 saturated heterocycles. The molecule has 0 aliphatic carbocycles. The maximum Gasteiger partial charge on any atom is 0.242 e. The van der Waals surface area contributed by atoms with E-state index in [0.717, 1.165) is 16.3 Å². The third-order valence-electron chi connectivity index (χ3n) is 2.66. The quantitative estimate of drug-likeness (QED) is 0.742. The highest BCUT2D eigenvalue weighted by atomic mass is 32.2. The Morgan fingerprint density at radius 2 is 2.21 bits per heavy atom. The Morgan fingerprint density at radius 1 is 1.42 bits per heavy atom. The van der Waals surface area contributed by atoms with Crippen molar-refractivity contribution in [2.75, 3.05) is 7.05 Å². The van der Waals surface area contributed by atoms with Gasteiger partial charge in [-0.3, -0.25) is 0 Å². The van der Waals surface area contributed by atoms with Gasteiger partial charge in [0.05, 0.1) is 16.1 Å². The minimum absolute atomic E-state index is 0.250. The first-order valence-electron chi connectivity index (χ1n) is 5.73. The summed E-state index contributed by atoms with van der Waals surface area (Å²) < 4.78 is 26.8. The Bertz CT molecular complexity index is 645. The number of rotatable bonds is 6. The molecule has 8 heteroatoms. The van der Waals surface area contributed by atoms with Gasteiger partial charge in [0.15, 0.2) is 0 Å². The number of nitrogens with zero attached hydrogens (tertiary/aromatic N) is 1. The maximum atomic E-state index is 12.1. The zero-order valence-electron chi connectivity index (χ0n) is 10.7. The van der Waals surface area contributed by atoms with Crippen LogP contribution in [0.1, 0.15) is 16.3 Å². The number of hydrogen-bond donors (Lipinski definition) is 3. The zero-order chi connectivity index (χ0) is 13.9. The van der Waals surface area contributed by atoms with Gasteiger partial charge in [0.25, 0.3) is 0 Å². The van der Waals surface area contributed by atoms with Crippen molar-refractivity contribution in [2.45, 2.75) is 24.9 Å². The summed E-state index contributed by atoms with van der Waals surface area (Å²) in [6.45, 7) is 2.73. The lowest BCUT2D eigenvalue weighted by Crippen LogP contribution is -2.22. The van der Waals surface area contributed by atoms with Crippen LogP contribution in [0.15, 0.2) is 22.7 Å². The highest BCUT2D eigenvalue weighted by molar-refractivity contribution is 7.89. The number of aromatic amines is 1. The van der Waals surface area contributed by atoms with Crippen molar-refractivity contribution in [1.29, 1.82) is 0 Å². The van der Waals surface area contributed by atoms with Crippen LogP contribution >= 0.6 is 11.3 Å². The molecular weight excluding hydrogens is 284 g/mol. The first-order chi connectivity index (χ1) is 9.03. The summed E-state index contributed by atoms with van der Waals surface area (Å²) >= 11 is 1.44. The van der Waals surface area contributed by atoms with Crippen LogP contribution in [0.25, 0.3) is 0 Å². The minimum atomic E-state index is -3.48. The Hall–Kier alpha value is -1.22. The standard InChI is InChI=1S/C11H16N4O2S2/c1-8-11(18-7-14-8)6-15-19(16,17)10-3-9(4-12-2)13-5-10/h3,5,7,12-13,15H,4,6H2,1-2H3. The van der Waals surface area contributed by atoms with Crippen molar-refractivity contribution in [1.82, 2.24) is 20.0 Å². The van der Waals surface area contributed by atoms with Crippen molar-refractivity contribution in [3.8, 4) is 0 Å². The normalized spacial score (nSPS) is 11.9. The van der Waals surface area contributed by atoms with Crippen molar-refractivity contribution in [2.24, 2.45) is 0 Å². The van der Waals surface area contributed by atoms with Gasteiger partial charge in [0.2, 0.25) is 10.0 Å². The minimum Gasteiger partial charge on any atom is -0.363 e. The largest absolute Gasteiger partial charge is 0.363 e. The molecule has 0 aromatic carbocycles. The molecule has 2 aromatic rings. The van der Waals surface area contributed by atoms with Crippen LogP contribution < -0.4 is 10.0 Å². The lowest BCUT2D eigenvalue weighted by molar-refractivity contribution is 0.582. The fraction of sp³-hybridized carbons (Fsp3) is 0.364. The summed E-state index contributed by atoms with van der Waals surface area (Å²) in [7, 11) is -1.68. The van der Waals surface area contributed by atoms with Gasteiger partial charge in [-0.05, 0) is 20.0 Å². The lowest BCUT2D eigenvalue weighted by atomic mass is 10.4. The number of H-pyrrole nitrogens is 1. The SMILES string of the molecule is CNCc1cc(S(=O)(=O)NCc2scnc2C)c[nH]1. The van der Waals surface area contributed by atoms with Crippen LogP contribution in [0.4, 0.5) is 0 Å². The second kappa shape index (κ2) is 5.83. The summed E-state index contributed by atoms with van der Waals surface area (Å²) in [4.78, 5) is 8.19. The summed E-state index contributed by atoms with van der Waals surface area (Å²) in [5.74, 6) is 0. The van der Waals surface area contributed by atoms with Crippen molar-refractivity contribution in [3.05, 3.63) is 34.0 Å². The van der Waals surface area contributed by atoms with E-state index in [1.54, 1.807) is 18.6 Å². The van der Waals surface area contributed by atoms with Gasteiger partial charge in [0, 0.05) is 29.9 Å². The highest BCUT2D eigenvalue weighted by Crippen LogP contribution is 2.15. The van der Waals surface area contributed by atoms with Crippen molar-refractivity contribution in [3.63, 3.8) is 0 Å². The molecule has 2 aromatic heterocycles. The fourth-order valence-corrected chi connectivity index (χ4v) is 3.43. The number of aryl methyl sites for hydroxylation is 1. The van der Waals surface area contributed by atoms with E-state index in [4.69, 9.17) is 0 Å². The molecule has 2 rings (SSSR count). The van der Waals surface area contributed by atoms with Gasteiger partial charge < -0.3 is 10.3 Å². The highest BCUT2D eigenvalue weighted by Gasteiger charge is 2.16. The number of aromatic nitrogens is 2. The van der Waals surface area contributed by atoms with E-state index in [-0.39, 0.29) is 11.4 Å². The van der Waals surface area contributed by atoms with E-state index in [1.165, 1.54) is 17.5 Å². The maximum absolute atomic E-state index is 12.1. The van der Waals surface area contributed by atoms with E-state index in [9.17, 15) is 8.42 Å². The topological polar surface area (TPSA) is 86.9 Å². The molecule has 0 aliphatic heterocycles. The van der Waals surface area contributed by atoms with Crippen molar-refractivity contribution >= 4 is 21.4 Å².